The van der Waals surface area contributed by atoms with Gasteiger partial charge in [-0.2, -0.15) is 11.8 Å². The maximum absolute atomic E-state index is 12.1. The lowest BCUT2D eigenvalue weighted by Crippen LogP contribution is -2.46. The van der Waals surface area contributed by atoms with E-state index < -0.39 is 0 Å². The molecule has 0 aromatic carbocycles. The van der Waals surface area contributed by atoms with Crippen molar-refractivity contribution in [1.29, 1.82) is 0 Å². The van der Waals surface area contributed by atoms with Gasteiger partial charge in [0.2, 0.25) is 5.88 Å². The average Bonchev–Trinajstić information content (AvgIpc) is 3.28. The maximum atomic E-state index is 12.1. The first-order chi connectivity index (χ1) is 10.4. The van der Waals surface area contributed by atoms with Crippen LogP contribution in [-0.2, 0) is 11.8 Å². The molecule has 5 nitrogen and oxygen atoms in total. The fraction of sp³-hybridized carbons (Fsp3) is 0.562. The molecule has 0 aliphatic heterocycles. The summed E-state index contributed by atoms with van der Waals surface area (Å²) in [5, 5.41) is 1.26. The summed E-state index contributed by atoms with van der Waals surface area (Å²) in [5.74, 6) is 1.40. The summed E-state index contributed by atoms with van der Waals surface area (Å²) in [6.45, 7) is 4.52. The number of nitrogens with two attached hydrogens (primary N) is 2. The molecule has 1 aromatic heterocycles. The molecule has 4 N–H and O–H groups in total. The second kappa shape index (κ2) is 6.69. The number of aryl methyl sites for hydroxylation is 1. The number of ether oxygens (including phenoxy) is 1. The third-order valence-corrected chi connectivity index (χ3v) is 5.70. The molecule has 0 spiro atoms. The van der Waals surface area contributed by atoms with Crippen LogP contribution in [0, 0.1) is 6.92 Å². The Bertz CT molecular complexity index is 720. The lowest BCUT2D eigenvalue weighted by atomic mass is 10.2. The van der Waals surface area contributed by atoms with Crippen molar-refractivity contribution in [3.8, 4) is 0 Å². The molecule has 0 bridgehead atoms. The zero-order chi connectivity index (χ0) is 16.3. The highest BCUT2D eigenvalue weighted by Gasteiger charge is 2.43. The van der Waals surface area contributed by atoms with E-state index in [-0.39, 0.29) is 16.2 Å². The molecule has 6 heteroatoms. The Kier molecular flexibility index (Phi) is 5.11. The van der Waals surface area contributed by atoms with Gasteiger partial charge in [0.1, 0.15) is 12.0 Å². The van der Waals surface area contributed by atoms with Crippen LogP contribution in [0.3, 0.4) is 0 Å². The van der Waals surface area contributed by atoms with Crippen molar-refractivity contribution in [2.24, 2.45) is 18.5 Å². The van der Waals surface area contributed by atoms with Crippen LogP contribution < -0.4 is 27.6 Å². The summed E-state index contributed by atoms with van der Waals surface area (Å²) in [6, 6.07) is 1.74. The van der Waals surface area contributed by atoms with Crippen molar-refractivity contribution in [2.75, 3.05) is 12.4 Å². The Morgan fingerprint density at radius 3 is 2.77 bits per heavy atom. The first-order valence-corrected chi connectivity index (χ1v) is 8.58. The Hall–Kier alpha value is -1.56. The zero-order valence-corrected chi connectivity index (χ0v) is 14.3. The zero-order valence-electron chi connectivity index (χ0n) is 13.5. The molecule has 1 aliphatic rings. The number of aromatic nitrogens is 1. The topological polar surface area (TPSA) is 83.3 Å². The number of hydrogen-bond acceptors (Lipinski definition) is 5. The van der Waals surface area contributed by atoms with Crippen molar-refractivity contribution in [1.82, 2.24) is 4.57 Å². The highest BCUT2D eigenvalue weighted by atomic mass is 32.2. The van der Waals surface area contributed by atoms with E-state index in [0.717, 1.165) is 25.0 Å². The fourth-order valence-corrected chi connectivity index (χ4v) is 3.59. The molecule has 1 saturated carbocycles. The van der Waals surface area contributed by atoms with Gasteiger partial charge in [-0.3, -0.25) is 4.79 Å². The number of thioether (sulfide) groups is 1. The highest BCUT2D eigenvalue weighted by molar-refractivity contribution is 8.00. The minimum absolute atomic E-state index is 0.0892. The standard InChI is InChI=1S/C16H25N3O2S/c1-4-7-22-16(5-6-16)10-21-14(18)13-12(9-17)8-11(2)15(20)19(13)3/h8-9H,4-7,10,17-18H2,1-3H3/b12-9-,14-13-. The monoisotopic (exact) mass is 323 g/mol. The van der Waals surface area contributed by atoms with E-state index in [1.165, 1.54) is 10.8 Å². The summed E-state index contributed by atoms with van der Waals surface area (Å²) in [4.78, 5) is 12.1. The largest absolute Gasteiger partial charge is 0.476 e. The summed E-state index contributed by atoms with van der Waals surface area (Å²) >= 11 is 1.95. The number of rotatable bonds is 6. The summed E-state index contributed by atoms with van der Waals surface area (Å²) in [7, 11) is 1.69. The predicted octanol–water partition coefficient (Wildman–Crippen LogP) is 0.107. The van der Waals surface area contributed by atoms with E-state index in [1.807, 2.05) is 11.8 Å². The SMILES string of the molecule is CCCSC1(CO/C(N)=c2/c(=C\N)cc(C)c(=O)n2C)CC1. The van der Waals surface area contributed by atoms with Gasteiger partial charge in [-0.15, -0.1) is 0 Å². The molecule has 1 aromatic rings. The molecule has 2 rings (SSSR count). The van der Waals surface area contributed by atoms with Crippen molar-refractivity contribution in [2.45, 2.75) is 37.9 Å². The van der Waals surface area contributed by atoms with Crippen LogP contribution in [0.15, 0.2) is 10.9 Å². The van der Waals surface area contributed by atoms with Crippen molar-refractivity contribution >= 4 is 23.8 Å². The van der Waals surface area contributed by atoms with Crippen LogP contribution in [0.25, 0.3) is 12.1 Å². The number of hydrogen-bond donors (Lipinski definition) is 2. The lowest BCUT2D eigenvalue weighted by Gasteiger charge is -2.16. The summed E-state index contributed by atoms with van der Waals surface area (Å²) in [6.07, 6.45) is 4.93. The molecular formula is C16H25N3O2S. The third kappa shape index (κ3) is 3.43. The normalized spacial score (nSPS) is 18.2. The van der Waals surface area contributed by atoms with E-state index in [0.29, 0.717) is 22.7 Å². The number of pyridine rings is 1. The smallest absolute Gasteiger partial charge is 0.253 e. The fourth-order valence-electron chi connectivity index (χ4n) is 2.42. The van der Waals surface area contributed by atoms with Crippen LogP contribution in [0.4, 0.5) is 0 Å². The average molecular weight is 323 g/mol. The van der Waals surface area contributed by atoms with E-state index in [4.69, 9.17) is 16.2 Å². The van der Waals surface area contributed by atoms with Gasteiger partial charge in [0.25, 0.3) is 5.56 Å². The third-order valence-electron chi connectivity index (χ3n) is 3.95. The van der Waals surface area contributed by atoms with Crippen molar-refractivity contribution in [3.05, 3.63) is 32.6 Å². The Balaban J connectivity index is 2.31. The van der Waals surface area contributed by atoms with Gasteiger partial charge in [-0.1, -0.05) is 6.92 Å². The Labute approximate surface area is 135 Å². The van der Waals surface area contributed by atoms with Gasteiger partial charge >= 0.3 is 0 Å². The molecule has 0 unspecified atom stereocenters. The molecule has 122 valence electrons. The van der Waals surface area contributed by atoms with Gasteiger partial charge in [0, 0.05) is 24.0 Å². The molecule has 0 saturated heterocycles. The quantitative estimate of drug-likeness (QED) is 0.776. The first kappa shape index (κ1) is 16.8. The Morgan fingerprint density at radius 1 is 1.55 bits per heavy atom. The van der Waals surface area contributed by atoms with Gasteiger partial charge in [-0.25, -0.2) is 0 Å². The second-order valence-corrected chi connectivity index (χ2v) is 7.41. The van der Waals surface area contributed by atoms with Gasteiger partial charge < -0.3 is 20.8 Å². The van der Waals surface area contributed by atoms with Gasteiger partial charge in [-0.05, 0) is 38.0 Å². The van der Waals surface area contributed by atoms with Crippen LogP contribution in [0.2, 0.25) is 0 Å². The maximum Gasteiger partial charge on any atom is 0.253 e. The minimum atomic E-state index is -0.0892. The van der Waals surface area contributed by atoms with E-state index >= 15 is 0 Å². The van der Waals surface area contributed by atoms with Gasteiger partial charge in [0.15, 0.2) is 0 Å². The van der Waals surface area contributed by atoms with E-state index in [9.17, 15) is 4.79 Å². The molecular weight excluding hydrogens is 298 g/mol. The first-order valence-electron chi connectivity index (χ1n) is 7.59. The lowest BCUT2D eigenvalue weighted by molar-refractivity contribution is 0.259. The van der Waals surface area contributed by atoms with Crippen LogP contribution in [0.1, 0.15) is 31.7 Å². The van der Waals surface area contributed by atoms with Crippen molar-refractivity contribution in [3.63, 3.8) is 0 Å². The molecule has 0 radical (unpaired) electrons. The molecule has 1 heterocycles. The minimum Gasteiger partial charge on any atom is -0.476 e. The van der Waals surface area contributed by atoms with Gasteiger partial charge in [0.05, 0.1) is 4.75 Å². The van der Waals surface area contributed by atoms with Crippen LogP contribution in [-0.4, -0.2) is 21.7 Å². The molecule has 0 amide bonds. The molecule has 1 fully saturated rings. The molecule has 22 heavy (non-hydrogen) atoms. The Morgan fingerprint density at radius 2 is 2.23 bits per heavy atom. The second-order valence-electron chi connectivity index (χ2n) is 5.85. The summed E-state index contributed by atoms with van der Waals surface area (Å²) < 4.78 is 7.52. The molecule has 1 aliphatic carbocycles. The van der Waals surface area contributed by atoms with Crippen LogP contribution in [0.5, 0.6) is 0 Å². The molecule has 0 atom stereocenters. The predicted molar refractivity (Wildman–Crippen MR) is 92.6 cm³/mol. The number of nitrogens with zero attached hydrogens (tertiary/aromatic N) is 1. The van der Waals surface area contributed by atoms with Crippen molar-refractivity contribution < 1.29 is 4.74 Å². The van der Waals surface area contributed by atoms with Crippen LogP contribution >= 0.6 is 11.8 Å². The summed E-state index contributed by atoms with van der Waals surface area (Å²) in [5.41, 5.74) is 12.3. The van der Waals surface area contributed by atoms with E-state index in [2.05, 4.69) is 6.92 Å². The van der Waals surface area contributed by atoms with E-state index in [1.54, 1.807) is 20.0 Å². The highest BCUT2D eigenvalue weighted by Crippen LogP contribution is 2.48.